The van der Waals surface area contributed by atoms with Gasteiger partial charge in [0.1, 0.15) is 6.79 Å². The molecular formula is C19H26O3. The second kappa shape index (κ2) is 7.70. The quantitative estimate of drug-likeness (QED) is 0.394. The molecule has 0 N–H and O–H groups in total. The zero-order valence-corrected chi connectivity index (χ0v) is 13.7. The van der Waals surface area contributed by atoms with Crippen molar-refractivity contribution >= 4 is 11.9 Å². The monoisotopic (exact) mass is 302 g/mol. The summed E-state index contributed by atoms with van der Waals surface area (Å²) in [6.45, 7) is 5.53. The molecule has 0 heterocycles. The van der Waals surface area contributed by atoms with Gasteiger partial charge >= 0.3 is 0 Å². The molecule has 22 heavy (non-hydrogen) atoms. The number of hydrogen-bond acceptors (Lipinski definition) is 3. The Morgan fingerprint density at radius 1 is 1.23 bits per heavy atom. The van der Waals surface area contributed by atoms with Crippen LogP contribution in [0.1, 0.15) is 32.3 Å². The normalized spacial score (nSPS) is 22.9. The predicted octanol–water partition coefficient (Wildman–Crippen LogP) is 3.94. The van der Waals surface area contributed by atoms with E-state index in [-0.39, 0.29) is 11.2 Å². The van der Waals surface area contributed by atoms with Crippen LogP contribution in [-0.4, -0.2) is 26.3 Å². The smallest absolute Gasteiger partial charge is 0.156 e. The van der Waals surface area contributed by atoms with Crippen molar-refractivity contribution in [3.05, 3.63) is 42.0 Å². The fourth-order valence-electron chi connectivity index (χ4n) is 3.23. The van der Waals surface area contributed by atoms with Crippen LogP contribution in [0.5, 0.6) is 0 Å². The molecule has 3 nitrogen and oxygen atoms in total. The maximum atomic E-state index is 12.1. The van der Waals surface area contributed by atoms with E-state index >= 15 is 0 Å². The molecule has 1 aliphatic rings. The van der Waals surface area contributed by atoms with Crippen LogP contribution in [0.15, 0.2) is 36.4 Å². The van der Waals surface area contributed by atoms with Crippen molar-refractivity contribution in [1.29, 1.82) is 0 Å². The molecule has 1 saturated carbocycles. The van der Waals surface area contributed by atoms with Crippen molar-refractivity contribution < 1.29 is 14.3 Å². The van der Waals surface area contributed by atoms with Gasteiger partial charge in [0.15, 0.2) is 5.78 Å². The minimum absolute atomic E-state index is 0.210. The average molecular weight is 302 g/mol. The van der Waals surface area contributed by atoms with E-state index in [1.54, 1.807) is 13.2 Å². The van der Waals surface area contributed by atoms with Gasteiger partial charge in [0.05, 0.1) is 0 Å². The van der Waals surface area contributed by atoms with Gasteiger partial charge in [-0.25, -0.2) is 0 Å². The molecule has 0 radical (unpaired) electrons. The van der Waals surface area contributed by atoms with Crippen LogP contribution in [0, 0.1) is 17.3 Å². The highest BCUT2D eigenvalue weighted by atomic mass is 16.7. The molecule has 0 bridgehead atoms. The summed E-state index contributed by atoms with van der Waals surface area (Å²) in [5, 5.41) is 0. The molecule has 0 saturated heterocycles. The van der Waals surface area contributed by atoms with E-state index in [1.807, 2.05) is 36.4 Å². The minimum Gasteiger partial charge on any atom is -0.359 e. The lowest BCUT2D eigenvalue weighted by atomic mass is 10.0. The second-order valence-electron chi connectivity index (χ2n) is 6.55. The lowest BCUT2D eigenvalue weighted by molar-refractivity contribution is -0.115. The third-order valence-electron chi connectivity index (χ3n) is 4.74. The van der Waals surface area contributed by atoms with Crippen molar-refractivity contribution in [3.63, 3.8) is 0 Å². The molecule has 1 aliphatic carbocycles. The molecule has 1 aromatic rings. The molecule has 0 spiro atoms. The molecular weight excluding hydrogens is 276 g/mol. The van der Waals surface area contributed by atoms with Crippen molar-refractivity contribution in [1.82, 2.24) is 0 Å². The number of rotatable bonds is 9. The lowest BCUT2D eigenvalue weighted by Crippen LogP contribution is -2.01. The van der Waals surface area contributed by atoms with Crippen molar-refractivity contribution in [2.45, 2.75) is 26.7 Å². The molecule has 0 aliphatic heterocycles. The summed E-state index contributed by atoms with van der Waals surface area (Å²) in [5.74, 6) is 1.24. The number of ether oxygens (including phenoxy) is 2. The van der Waals surface area contributed by atoms with E-state index < -0.39 is 0 Å². The van der Waals surface area contributed by atoms with Crippen LogP contribution >= 0.6 is 0 Å². The zero-order chi connectivity index (χ0) is 16.0. The summed E-state index contributed by atoms with van der Waals surface area (Å²) in [4.78, 5) is 12.1. The Hall–Kier alpha value is -1.45. The zero-order valence-electron chi connectivity index (χ0n) is 13.7. The Morgan fingerprint density at radius 3 is 2.64 bits per heavy atom. The van der Waals surface area contributed by atoms with Crippen LogP contribution in [0.4, 0.5) is 0 Å². The minimum atomic E-state index is 0.210. The van der Waals surface area contributed by atoms with Gasteiger partial charge in [0.25, 0.3) is 0 Å². The summed E-state index contributed by atoms with van der Waals surface area (Å²) in [5.41, 5.74) is 1.31. The first kappa shape index (κ1) is 16.9. The van der Waals surface area contributed by atoms with E-state index in [4.69, 9.17) is 9.47 Å². The van der Waals surface area contributed by atoms with Crippen molar-refractivity contribution in [2.75, 3.05) is 20.5 Å². The SMILES string of the molecule is COCOCC[C@@H]1[C@H](CC(=O)C=Cc2ccccc2)C1(C)C. The molecule has 3 heteroatoms. The van der Waals surface area contributed by atoms with Gasteiger partial charge in [-0.2, -0.15) is 0 Å². The van der Waals surface area contributed by atoms with E-state index in [9.17, 15) is 4.79 Å². The maximum absolute atomic E-state index is 12.1. The molecule has 0 unspecified atom stereocenters. The van der Waals surface area contributed by atoms with Crippen LogP contribution in [0.2, 0.25) is 0 Å². The number of carbonyl (C=O) groups excluding carboxylic acids is 1. The number of carbonyl (C=O) groups is 1. The first-order valence-corrected chi connectivity index (χ1v) is 7.88. The fourth-order valence-corrected chi connectivity index (χ4v) is 3.23. The highest BCUT2D eigenvalue weighted by molar-refractivity contribution is 5.94. The van der Waals surface area contributed by atoms with Gasteiger partial charge in [-0.3, -0.25) is 4.79 Å². The Morgan fingerprint density at radius 2 is 1.95 bits per heavy atom. The molecule has 2 rings (SSSR count). The van der Waals surface area contributed by atoms with Gasteiger partial charge in [-0.1, -0.05) is 50.3 Å². The molecule has 1 aromatic carbocycles. The molecule has 1 fully saturated rings. The van der Waals surface area contributed by atoms with Crippen LogP contribution in [0.3, 0.4) is 0 Å². The summed E-state index contributed by atoms with van der Waals surface area (Å²) in [6, 6.07) is 9.93. The van der Waals surface area contributed by atoms with E-state index in [1.165, 1.54) is 0 Å². The first-order valence-electron chi connectivity index (χ1n) is 7.88. The predicted molar refractivity (Wildman–Crippen MR) is 88.3 cm³/mol. The molecule has 0 aromatic heterocycles. The Kier molecular flexibility index (Phi) is 5.92. The lowest BCUT2D eigenvalue weighted by Gasteiger charge is -2.03. The van der Waals surface area contributed by atoms with Crippen LogP contribution < -0.4 is 0 Å². The summed E-state index contributed by atoms with van der Waals surface area (Å²) >= 11 is 0. The maximum Gasteiger partial charge on any atom is 0.156 e. The third-order valence-corrected chi connectivity index (χ3v) is 4.74. The Bertz CT molecular complexity index is 505. The van der Waals surface area contributed by atoms with Gasteiger partial charge in [-0.15, -0.1) is 0 Å². The summed E-state index contributed by atoms with van der Waals surface area (Å²) in [6.07, 6.45) is 5.23. The number of allylic oxidation sites excluding steroid dienone is 1. The largest absolute Gasteiger partial charge is 0.359 e. The van der Waals surface area contributed by atoms with Gasteiger partial charge in [0, 0.05) is 20.1 Å². The standard InChI is InChI=1S/C19H26O3/c1-19(2)17(11-12-22-14-21-3)18(19)13-16(20)10-9-15-7-5-4-6-8-15/h4-10,17-18H,11-14H2,1-3H3/t17-,18+/m1/s1. The second-order valence-corrected chi connectivity index (χ2v) is 6.55. The summed E-state index contributed by atoms with van der Waals surface area (Å²) in [7, 11) is 1.63. The van der Waals surface area contributed by atoms with Crippen molar-refractivity contribution in [3.8, 4) is 0 Å². The number of methoxy groups -OCH3 is 1. The number of ketones is 1. The number of benzene rings is 1. The van der Waals surface area contributed by atoms with Gasteiger partial charge < -0.3 is 9.47 Å². The average Bonchev–Trinajstić information content (AvgIpc) is 3.02. The van der Waals surface area contributed by atoms with E-state index in [2.05, 4.69) is 13.8 Å². The third kappa shape index (κ3) is 4.52. The molecule has 2 atom stereocenters. The van der Waals surface area contributed by atoms with E-state index in [0.29, 0.717) is 31.7 Å². The fraction of sp³-hybridized carbons (Fsp3) is 0.526. The summed E-state index contributed by atoms with van der Waals surface area (Å²) < 4.78 is 10.2. The molecule has 0 amide bonds. The Balaban J connectivity index is 1.78. The van der Waals surface area contributed by atoms with Gasteiger partial charge in [0.2, 0.25) is 0 Å². The van der Waals surface area contributed by atoms with Gasteiger partial charge in [-0.05, 0) is 35.3 Å². The van der Waals surface area contributed by atoms with E-state index in [0.717, 1.165) is 12.0 Å². The highest BCUT2D eigenvalue weighted by Gasteiger charge is 2.56. The van der Waals surface area contributed by atoms with Crippen LogP contribution in [-0.2, 0) is 14.3 Å². The Labute approximate surface area is 133 Å². The van der Waals surface area contributed by atoms with Crippen molar-refractivity contribution in [2.24, 2.45) is 17.3 Å². The first-order chi connectivity index (χ1) is 10.6. The molecule has 120 valence electrons. The highest BCUT2D eigenvalue weighted by Crippen LogP contribution is 2.61. The number of hydrogen-bond donors (Lipinski definition) is 0. The van der Waals surface area contributed by atoms with Crippen LogP contribution in [0.25, 0.3) is 6.08 Å². The topological polar surface area (TPSA) is 35.5 Å².